The number of rotatable bonds is 6. The number of hydrogen-bond acceptors (Lipinski definition) is 3. The fourth-order valence-corrected chi connectivity index (χ4v) is 1.77. The number of nitrogens with one attached hydrogen (secondary N) is 2. The summed E-state index contributed by atoms with van der Waals surface area (Å²) < 4.78 is 0. The van der Waals surface area contributed by atoms with Gasteiger partial charge in [0.05, 0.1) is 11.9 Å². The van der Waals surface area contributed by atoms with Crippen LogP contribution >= 0.6 is 0 Å². The Morgan fingerprint density at radius 2 is 2.29 bits per heavy atom. The van der Waals surface area contributed by atoms with E-state index in [-0.39, 0.29) is 5.91 Å². The van der Waals surface area contributed by atoms with Crippen molar-refractivity contribution in [3.63, 3.8) is 0 Å². The second-order valence-electron chi connectivity index (χ2n) is 4.52. The number of pyridine rings is 1. The fraction of sp³-hybridized carbons (Fsp3) is 0.538. The second-order valence-corrected chi connectivity index (χ2v) is 4.52. The minimum absolute atomic E-state index is 0.0801. The van der Waals surface area contributed by atoms with E-state index in [1.54, 1.807) is 12.3 Å². The molecule has 1 fully saturated rings. The van der Waals surface area contributed by atoms with Crippen LogP contribution in [0.1, 0.15) is 36.2 Å². The number of nitrogens with zero attached hydrogens (tertiary/aromatic N) is 1. The highest BCUT2D eigenvalue weighted by Gasteiger charge is 2.20. The van der Waals surface area contributed by atoms with Gasteiger partial charge in [-0.25, -0.2) is 4.98 Å². The van der Waals surface area contributed by atoms with E-state index in [0.29, 0.717) is 5.69 Å². The van der Waals surface area contributed by atoms with E-state index in [1.807, 2.05) is 13.1 Å². The normalized spacial score (nSPS) is 14.4. The lowest BCUT2D eigenvalue weighted by molar-refractivity contribution is 0.0948. The van der Waals surface area contributed by atoms with Gasteiger partial charge in [0.25, 0.3) is 5.91 Å². The van der Waals surface area contributed by atoms with Gasteiger partial charge in [-0.05, 0) is 30.9 Å². The van der Waals surface area contributed by atoms with Crippen molar-refractivity contribution >= 4 is 11.6 Å². The molecular formula is C13H19N3O. The minimum atomic E-state index is -0.0801. The van der Waals surface area contributed by atoms with E-state index in [0.717, 1.165) is 24.6 Å². The molecule has 92 valence electrons. The van der Waals surface area contributed by atoms with Crippen molar-refractivity contribution in [2.45, 2.75) is 25.7 Å². The third kappa shape index (κ3) is 3.73. The minimum Gasteiger partial charge on any atom is -0.387 e. The van der Waals surface area contributed by atoms with Crippen molar-refractivity contribution in [1.29, 1.82) is 0 Å². The van der Waals surface area contributed by atoms with Gasteiger partial charge in [-0.1, -0.05) is 12.8 Å². The van der Waals surface area contributed by atoms with E-state index in [9.17, 15) is 4.79 Å². The Morgan fingerprint density at radius 1 is 1.47 bits per heavy atom. The molecular weight excluding hydrogens is 214 g/mol. The number of hydrogen-bond donors (Lipinski definition) is 2. The molecule has 1 aliphatic rings. The standard InChI is InChI=1S/C13H19N3O/c1-14-11-6-7-12(16-9-11)13(17)15-8-2-3-10-4-5-10/h6-7,9-10,14H,2-5,8H2,1H3,(H,15,17). The van der Waals surface area contributed by atoms with Crippen LogP contribution in [0, 0.1) is 5.92 Å². The molecule has 0 aliphatic heterocycles. The van der Waals surface area contributed by atoms with Crippen LogP contribution < -0.4 is 10.6 Å². The predicted octanol–water partition coefficient (Wildman–Crippen LogP) is 2.04. The molecule has 0 spiro atoms. The van der Waals surface area contributed by atoms with Crippen molar-refractivity contribution in [2.75, 3.05) is 18.9 Å². The van der Waals surface area contributed by atoms with Crippen LogP contribution in [0.3, 0.4) is 0 Å². The Hall–Kier alpha value is -1.58. The van der Waals surface area contributed by atoms with E-state index >= 15 is 0 Å². The molecule has 1 aromatic rings. The zero-order valence-corrected chi connectivity index (χ0v) is 10.2. The predicted molar refractivity (Wildman–Crippen MR) is 68.1 cm³/mol. The van der Waals surface area contributed by atoms with Crippen LogP contribution in [0.2, 0.25) is 0 Å². The summed E-state index contributed by atoms with van der Waals surface area (Å²) >= 11 is 0. The molecule has 0 aromatic carbocycles. The van der Waals surface area contributed by atoms with Crippen molar-refractivity contribution in [3.8, 4) is 0 Å². The van der Waals surface area contributed by atoms with Gasteiger partial charge in [0, 0.05) is 13.6 Å². The second kappa shape index (κ2) is 5.66. The number of anilines is 1. The average molecular weight is 233 g/mol. The van der Waals surface area contributed by atoms with Crippen LogP contribution in [-0.2, 0) is 0 Å². The maximum atomic E-state index is 11.7. The average Bonchev–Trinajstić information content (AvgIpc) is 3.18. The van der Waals surface area contributed by atoms with Crippen molar-refractivity contribution in [1.82, 2.24) is 10.3 Å². The van der Waals surface area contributed by atoms with E-state index in [4.69, 9.17) is 0 Å². The highest BCUT2D eigenvalue weighted by molar-refractivity contribution is 5.92. The van der Waals surface area contributed by atoms with Crippen LogP contribution in [0.5, 0.6) is 0 Å². The Labute approximate surface area is 102 Å². The molecule has 0 bridgehead atoms. The summed E-state index contributed by atoms with van der Waals surface area (Å²) in [5.41, 5.74) is 1.39. The number of carbonyl (C=O) groups excluding carboxylic acids is 1. The SMILES string of the molecule is CNc1ccc(C(=O)NCCCC2CC2)nc1. The van der Waals surface area contributed by atoms with Crippen molar-refractivity contribution in [2.24, 2.45) is 5.92 Å². The largest absolute Gasteiger partial charge is 0.387 e. The third-order valence-electron chi connectivity index (χ3n) is 3.06. The number of amides is 1. The summed E-state index contributed by atoms with van der Waals surface area (Å²) in [6.07, 6.45) is 6.73. The number of aromatic nitrogens is 1. The maximum absolute atomic E-state index is 11.7. The summed E-state index contributed by atoms with van der Waals surface area (Å²) in [6, 6.07) is 3.59. The molecule has 1 aromatic heterocycles. The summed E-state index contributed by atoms with van der Waals surface area (Å²) in [4.78, 5) is 15.8. The first-order valence-electron chi connectivity index (χ1n) is 6.21. The van der Waals surface area contributed by atoms with Crippen LogP contribution in [0.25, 0.3) is 0 Å². The highest BCUT2D eigenvalue weighted by Crippen LogP contribution is 2.33. The van der Waals surface area contributed by atoms with Gasteiger partial charge in [-0.15, -0.1) is 0 Å². The molecule has 1 heterocycles. The smallest absolute Gasteiger partial charge is 0.269 e. The Morgan fingerprint density at radius 3 is 2.88 bits per heavy atom. The van der Waals surface area contributed by atoms with Gasteiger partial charge in [0.1, 0.15) is 5.69 Å². The molecule has 4 nitrogen and oxygen atoms in total. The van der Waals surface area contributed by atoms with Gasteiger partial charge in [0.2, 0.25) is 0 Å². The first kappa shape index (κ1) is 11.9. The van der Waals surface area contributed by atoms with Crippen molar-refractivity contribution in [3.05, 3.63) is 24.0 Å². The topological polar surface area (TPSA) is 54.0 Å². The quantitative estimate of drug-likeness (QED) is 0.739. The lowest BCUT2D eigenvalue weighted by Crippen LogP contribution is -2.25. The van der Waals surface area contributed by atoms with Gasteiger partial charge in [-0.2, -0.15) is 0 Å². The van der Waals surface area contributed by atoms with Gasteiger partial charge in [-0.3, -0.25) is 4.79 Å². The first-order valence-corrected chi connectivity index (χ1v) is 6.21. The molecule has 1 saturated carbocycles. The molecule has 2 rings (SSSR count). The molecule has 1 amide bonds. The molecule has 1 aliphatic carbocycles. The summed E-state index contributed by atoms with van der Waals surface area (Å²) in [5.74, 6) is 0.850. The number of carbonyl (C=O) groups is 1. The lowest BCUT2D eigenvalue weighted by atomic mass is 10.2. The molecule has 4 heteroatoms. The lowest BCUT2D eigenvalue weighted by Gasteiger charge is -2.05. The maximum Gasteiger partial charge on any atom is 0.269 e. The van der Waals surface area contributed by atoms with Crippen LogP contribution in [0.15, 0.2) is 18.3 Å². The van der Waals surface area contributed by atoms with Gasteiger partial charge < -0.3 is 10.6 Å². The first-order chi connectivity index (χ1) is 8.29. The molecule has 2 N–H and O–H groups in total. The monoisotopic (exact) mass is 233 g/mol. The summed E-state index contributed by atoms with van der Waals surface area (Å²) in [5, 5.41) is 5.87. The Bertz CT molecular complexity index is 371. The van der Waals surface area contributed by atoms with Crippen molar-refractivity contribution < 1.29 is 4.79 Å². The fourth-order valence-electron chi connectivity index (χ4n) is 1.77. The Kier molecular flexibility index (Phi) is 3.96. The van der Waals surface area contributed by atoms with Crippen LogP contribution in [-0.4, -0.2) is 24.5 Å². The zero-order chi connectivity index (χ0) is 12.1. The summed E-state index contributed by atoms with van der Waals surface area (Å²) in [7, 11) is 1.83. The van der Waals surface area contributed by atoms with Gasteiger partial charge >= 0.3 is 0 Å². The Balaban J connectivity index is 1.73. The van der Waals surface area contributed by atoms with E-state index < -0.39 is 0 Å². The molecule has 0 saturated heterocycles. The molecule has 0 radical (unpaired) electrons. The van der Waals surface area contributed by atoms with Crippen LogP contribution in [0.4, 0.5) is 5.69 Å². The molecule has 17 heavy (non-hydrogen) atoms. The molecule has 0 unspecified atom stereocenters. The highest BCUT2D eigenvalue weighted by atomic mass is 16.1. The van der Waals surface area contributed by atoms with E-state index in [2.05, 4.69) is 15.6 Å². The zero-order valence-electron chi connectivity index (χ0n) is 10.2. The molecule has 0 atom stereocenters. The van der Waals surface area contributed by atoms with Gasteiger partial charge in [0.15, 0.2) is 0 Å². The van der Waals surface area contributed by atoms with E-state index in [1.165, 1.54) is 19.3 Å². The summed E-state index contributed by atoms with van der Waals surface area (Å²) in [6.45, 7) is 0.755. The third-order valence-corrected chi connectivity index (χ3v) is 3.06.